The fraction of sp³-hybridized carbons (Fsp3) is 0.846. The Morgan fingerprint density at radius 1 is 1.40 bits per heavy atom. The number of halogens is 3. The van der Waals surface area contributed by atoms with Gasteiger partial charge >= 0.3 is 12.1 Å². The van der Waals surface area contributed by atoms with E-state index in [1.807, 2.05) is 0 Å². The molecule has 0 amide bonds. The molecule has 2 aliphatic rings. The molecule has 1 aliphatic heterocycles. The summed E-state index contributed by atoms with van der Waals surface area (Å²) < 4.78 is 43.0. The average Bonchev–Trinajstić information content (AvgIpc) is 2.38. The number of esters is 1. The summed E-state index contributed by atoms with van der Waals surface area (Å²) in [5.41, 5.74) is 0. The van der Waals surface area contributed by atoms with Crippen LogP contribution in [0.1, 0.15) is 26.2 Å². The second-order valence-electron chi connectivity index (χ2n) is 5.38. The lowest BCUT2D eigenvalue weighted by Gasteiger charge is -2.41. The fourth-order valence-electron chi connectivity index (χ4n) is 3.10. The van der Waals surface area contributed by atoms with Gasteiger partial charge in [-0.15, -0.1) is 0 Å². The maximum atomic E-state index is 12.7. The number of nitrogens with one attached hydrogen (secondary N) is 1. The van der Waals surface area contributed by atoms with Gasteiger partial charge in [0.2, 0.25) is 0 Å². The van der Waals surface area contributed by atoms with E-state index >= 15 is 0 Å². The van der Waals surface area contributed by atoms with Crippen molar-refractivity contribution in [3.63, 3.8) is 0 Å². The van der Waals surface area contributed by atoms with Crippen molar-refractivity contribution in [3.05, 3.63) is 0 Å². The second-order valence-corrected chi connectivity index (χ2v) is 5.38. The minimum atomic E-state index is -4.21. The molecule has 0 spiro atoms. The minimum Gasteiger partial charge on any atom is -0.465 e. The molecule has 0 aromatic rings. The van der Waals surface area contributed by atoms with E-state index in [2.05, 4.69) is 5.32 Å². The van der Waals surface area contributed by atoms with E-state index in [0.29, 0.717) is 0 Å². The zero-order valence-corrected chi connectivity index (χ0v) is 11.2. The first-order chi connectivity index (χ1) is 9.34. The number of carbonyl (C=O) groups excluding carboxylic acids is 2. The smallest absolute Gasteiger partial charge is 0.391 e. The quantitative estimate of drug-likeness (QED) is 0.622. The molecule has 0 radical (unpaired) electrons. The maximum Gasteiger partial charge on any atom is 0.391 e. The molecular formula is C13H18F3NO3. The summed E-state index contributed by atoms with van der Waals surface area (Å²) in [6.07, 6.45) is -4.17. The van der Waals surface area contributed by atoms with Crippen LogP contribution in [0.4, 0.5) is 13.2 Å². The Hall–Kier alpha value is -1.11. The number of carbonyl (C=O) groups is 2. The SMILES string of the molecule is CCOC(=O)C1CNC2CC(C(F)(F)F)CCC2C1=O. The molecule has 4 nitrogen and oxygen atoms in total. The summed E-state index contributed by atoms with van der Waals surface area (Å²) in [6, 6.07) is -0.478. The number of ketones is 1. The highest BCUT2D eigenvalue weighted by molar-refractivity contribution is 6.01. The third kappa shape index (κ3) is 2.97. The number of Topliss-reactive ketones (excluding diaryl/α,β-unsaturated/α-hetero) is 1. The summed E-state index contributed by atoms with van der Waals surface area (Å²) >= 11 is 0. The van der Waals surface area contributed by atoms with Crippen LogP contribution < -0.4 is 5.32 Å². The Kier molecular flexibility index (Phi) is 4.36. The summed E-state index contributed by atoms with van der Waals surface area (Å²) in [5, 5.41) is 2.92. The number of alkyl halides is 3. The van der Waals surface area contributed by atoms with Gasteiger partial charge < -0.3 is 10.1 Å². The zero-order chi connectivity index (χ0) is 14.9. The third-order valence-electron chi connectivity index (χ3n) is 4.18. The highest BCUT2D eigenvalue weighted by atomic mass is 19.4. The van der Waals surface area contributed by atoms with Gasteiger partial charge in [0.1, 0.15) is 5.92 Å². The van der Waals surface area contributed by atoms with Crippen molar-refractivity contribution in [3.8, 4) is 0 Å². The molecule has 0 aromatic heterocycles. The van der Waals surface area contributed by atoms with Gasteiger partial charge in [-0.25, -0.2) is 0 Å². The van der Waals surface area contributed by atoms with Crippen molar-refractivity contribution in [1.82, 2.24) is 5.32 Å². The Balaban J connectivity index is 2.02. The summed E-state index contributed by atoms with van der Waals surface area (Å²) in [5.74, 6) is -3.59. The number of piperidine rings is 1. The molecule has 1 heterocycles. The zero-order valence-electron chi connectivity index (χ0n) is 11.2. The molecule has 20 heavy (non-hydrogen) atoms. The van der Waals surface area contributed by atoms with Crippen LogP contribution in [-0.2, 0) is 14.3 Å². The van der Waals surface area contributed by atoms with Gasteiger partial charge in [-0.1, -0.05) is 0 Å². The molecule has 7 heteroatoms. The number of hydrogen-bond acceptors (Lipinski definition) is 4. The molecule has 2 rings (SSSR count). The molecule has 0 bridgehead atoms. The number of rotatable bonds is 2. The van der Waals surface area contributed by atoms with Crippen LogP contribution in [0.3, 0.4) is 0 Å². The van der Waals surface area contributed by atoms with Crippen molar-refractivity contribution in [1.29, 1.82) is 0 Å². The van der Waals surface area contributed by atoms with Crippen molar-refractivity contribution in [2.75, 3.05) is 13.2 Å². The minimum absolute atomic E-state index is 0.0480. The molecule has 1 aliphatic carbocycles. The lowest BCUT2D eigenvalue weighted by atomic mass is 9.71. The van der Waals surface area contributed by atoms with Gasteiger partial charge in [0, 0.05) is 18.5 Å². The van der Waals surface area contributed by atoms with Crippen LogP contribution in [0.25, 0.3) is 0 Å². The van der Waals surface area contributed by atoms with E-state index < -0.39 is 35.9 Å². The number of hydrogen-bond donors (Lipinski definition) is 1. The van der Waals surface area contributed by atoms with E-state index in [-0.39, 0.29) is 38.2 Å². The Morgan fingerprint density at radius 3 is 2.70 bits per heavy atom. The highest BCUT2D eigenvalue weighted by Crippen LogP contribution is 2.41. The Bertz CT molecular complexity index is 397. The third-order valence-corrected chi connectivity index (χ3v) is 4.18. The van der Waals surface area contributed by atoms with Crippen LogP contribution in [0.5, 0.6) is 0 Å². The first kappa shape index (κ1) is 15.3. The van der Waals surface area contributed by atoms with Crippen molar-refractivity contribution in [2.24, 2.45) is 17.8 Å². The summed E-state index contributed by atoms with van der Waals surface area (Å²) in [4.78, 5) is 23.9. The molecule has 1 N–H and O–H groups in total. The molecular weight excluding hydrogens is 275 g/mol. The van der Waals surface area contributed by atoms with Crippen molar-refractivity contribution >= 4 is 11.8 Å². The topological polar surface area (TPSA) is 55.4 Å². The number of ether oxygens (including phenoxy) is 1. The van der Waals surface area contributed by atoms with Crippen molar-refractivity contribution < 1.29 is 27.5 Å². The van der Waals surface area contributed by atoms with Crippen LogP contribution in [0, 0.1) is 17.8 Å². The van der Waals surface area contributed by atoms with Gasteiger partial charge in [-0.05, 0) is 26.2 Å². The van der Waals surface area contributed by atoms with Gasteiger partial charge in [-0.2, -0.15) is 13.2 Å². The predicted octanol–water partition coefficient (Wildman–Crippen LogP) is 1.69. The molecule has 1 saturated carbocycles. The van der Waals surface area contributed by atoms with E-state index in [1.54, 1.807) is 6.92 Å². The normalized spacial score (nSPS) is 34.5. The summed E-state index contributed by atoms with van der Waals surface area (Å²) in [7, 11) is 0. The first-order valence-corrected chi connectivity index (χ1v) is 6.85. The van der Waals surface area contributed by atoms with E-state index in [4.69, 9.17) is 4.74 Å². The monoisotopic (exact) mass is 293 g/mol. The Labute approximate surface area is 115 Å². The highest BCUT2D eigenvalue weighted by Gasteiger charge is 2.50. The number of fused-ring (bicyclic) bond motifs is 1. The molecule has 4 unspecified atom stereocenters. The van der Waals surface area contributed by atoms with Crippen LogP contribution in [0.15, 0.2) is 0 Å². The average molecular weight is 293 g/mol. The maximum absolute atomic E-state index is 12.7. The Morgan fingerprint density at radius 2 is 2.10 bits per heavy atom. The standard InChI is InChI=1S/C13H18F3NO3/c1-2-20-12(19)9-6-17-10-5-7(13(14,15)16)3-4-8(10)11(9)18/h7-10,17H,2-6H2,1H3. The van der Waals surface area contributed by atoms with Crippen molar-refractivity contribution in [2.45, 2.75) is 38.4 Å². The van der Waals surface area contributed by atoms with E-state index in [1.165, 1.54) is 0 Å². The van der Waals surface area contributed by atoms with Crippen LogP contribution in [-0.4, -0.2) is 37.1 Å². The molecule has 1 saturated heterocycles. The molecule has 4 atom stereocenters. The molecule has 114 valence electrons. The lowest BCUT2D eigenvalue weighted by molar-refractivity contribution is -0.189. The van der Waals surface area contributed by atoms with Gasteiger partial charge in [0.25, 0.3) is 0 Å². The lowest BCUT2D eigenvalue weighted by Crippen LogP contribution is -2.56. The van der Waals surface area contributed by atoms with Crippen LogP contribution in [0.2, 0.25) is 0 Å². The molecule has 0 aromatic carbocycles. The van der Waals surface area contributed by atoms with Gasteiger partial charge in [0.15, 0.2) is 5.78 Å². The van der Waals surface area contributed by atoms with Crippen LogP contribution >= 0.6 is 0 Å². The second kappa shape index (κ2) is 5.71. The van der Waals surface area contributed by atoms with E-state index in [0.717, 1.165) is 0 Å². The van der Waals surface area contributed by atoms with Gasteiger partial charge in [-0.3, -0.25) is 9.59 Å². The largest absolute Gasteiger partial charge is 0.465 e. The first-order valence-electron chi connectivity index (χ1n) is 6.85. The van der Waals surface area contributed by atoms with E-state index in [9.17, 15) is 22.8 Å². The fourth-order valence-corrected chi connectivity index (χ4v) is 3.10. The summed E-state index contributed by atoms with van der Waals surface area (Å²) in [6.45, 7) is 1.91. The molecule has 2 fully saturated rings. The predicted molar refractivity (Wildman–Crippen MR) is 63.8 cm³/mol. The van der Waals surface area contributed by atoms with Gasteiger partial charge in [0.05, 0.1) is 12.5 Å².